The van der Waals surface area contributed by atoms with Gasteiger partial charge in [-0.05, 0) is 31.9 Å². The van der Waals surface area contributed by atoms with E-state index in [4.69, 9.17) is 0 Å². The number of fused-ring (bicyclic) bond motifs is 1. The van der Waals surface area contributed by atoms with E-state index in [1.165, 1.54) is 24.3 Å². The van der Waals surface area contributed by atoms with Crippen LogP contribution in [0.1, 0.15) is 47.4 Å². The van der Waals surface area contributed by atoms with Crippen molar-refractivity contribution in [2.45, 2.75) is 39.3 Å². The number of thiazole rings is 1. The minimum Gasteiger partial charge on any atom is -0.352 e. The van der Waals surface area contributed by atoms with Gasteiger partial charge >= 0.3 is 0 Å². The lowest BCUT2D eigenvalue weighted by molar-refractivity contribution is -0.119. The topological polar surface area (TPSA) is 113 Å². The van der Waals surface area contributed by atoms with E-state index in [9.17, 15) is 14.0 Å². The molecule has 1 aliphatic heterocycles. The predicted octanol–water partition coefficient (Wildman–Crippen LogP) is 2.45. The molecule has 31 heavy (non-hydrogen) atoms. The van der Waals surface area contributed by atoms with Gasteiger partial charge < -0.3 is 15.5 Å². The quantitative estimate of drug-likeness (QED) is 0.623. The van der Waals surface area contributed by atoms with Gasteiger partial charge in [0.25, 0.3) is 5.91 Å². The molecule has 4 heterocycles. The van der Waals surface area contributed by atoms with Crippen LogP contribution >= 0.6 is 11.3 Å². The zero-order chi connectivity index (χ0) is 22.1. The summed E-state index contributed by atoms with van der Waals surface area (Å²) in [7, 11) is 0. The van der Waals surface area contributed by atoms with Crippen LogP contribution in [0.15, 0.2) is 18.5 Å². The van der Waals surface area contributed by atoms with Gasteiger partial charge in [-0.15, -0.1) is 11.3 Å². The summed E-state index contributed by atoms with van der Waals surface area (Å²) in [5.74, 6) is -0.548. The van der Waals surface area contributed by atoms with Crippen molar-refractivity contribution in [3.05, 3.63) is 40.5 Å². The highest BCUT2D eigenvalue weighted by Crippen LogP contribution is 2.27. The molecule has 4 rings (SSSR count). The summed E-state index contributed by atoms with van der Waals surface area (Å²) in [6.45, 7) is 6.09. The van der Waals surface area contributed by atoms with Gasteiger partial charge in [-0.3, -0.25) is 14.6 Å². The molecule has 2 atom stereocenters. The number of carbonyl (C=O) groups excluding carboxylic acids is 2. The SMILES string of the molecule is CC(=O)N[C@H]1CCN(C(=O)c2nc(N[C@@H](C)c3cncc(F)c3)nc3nc(C)sc23)C1. The number of hydrogen-bond acceptors (Lipinski definition) is 8. The van der Waals surface area contributed by atoms with Crippen LogP contribution in [-0.2, 0) is 4.79 Å². The number of likely N-dealkylation sites (tertiary alicyclic amines) is 1. The van der Waals surface area contributed by atoms with E-state index >= 15 is 0 Å². The maximum absolute atomic E-state index is 13.5. The van der Waals surface area contributed by atoms with E-state index < -0.39 is 5.82 Å². The van der Waals surface area contributed by atoms with Crippen molar-refractivity contribution in [1.82, 2.24) is 30.2 Å². The van der Waals surface area contributed by atoms with E-state index in [0.717, 1.165) is 11.2 Å². The van der Waals surface area contributed by atoms with E-state index in [2.05, 4.69) is 30.6 Å². The number of rotatable bonds is 5. The van der Waals surface area contributed by atoms with Gasteiger partial charge in [-0.2, -0.15) is 4.98 Å². The molecular weight excluding hydrogens is 421 g/mol. The molecule has 1 saturated heterocycles. The first-order valence-corrected chi connectivity index (χ1v) is 10.7. The molecule has 3 aromatic heterocycles. The highest BCUT2D eigenvalue weighted by Gasteiger charge is 2.30. The number of aromatic nitrogens is 4. The molecule has 1 aliphatic rings. The summed E-state index contributed by atoms with van der Waals surface area (Å²) in [6.07, 6.45) is 3.39. The normalized spacial score (nSPS) is 17.0. The third kappa shape index (κ3) is 4.61. The molecule has 11 heteroatoms. The molecule has 0 unspecified atom stereocenters. The van der Waals surface area contributed by atoms with Gasteiger partial charge in [0, 0.05) is 32.3 Å². The van der Waals surface area contributed by atoms with Crippen molar-refractivity contribution in [3.63, 3.8) is 0 Å². The van der Waals surface area contributed by atoms with E-state index in [0.29, 0.717) is 35.4 Å². The number of aryl methyl sites for hydroxylation is 1. The number of anilines is 1. The Bertz CT molecular complexity index is 1150. The number of nitrogens with zero attached hydrogens (tertiary/aromatic N) is 5. The molecule has 3 aromatic rings. The molecule has 2 N–H and O–H groups in total. The lowest BCUT2D eigenvalue weighted by Crippen LogP contribution is -2.37. The van der Waals surface area contributed by atoms with Crippen molar-refractivity contribution in [1.29, 1.82) is 0 Å². The first-order valence-electron chi connectivity index (χ1n) is 9.88. The Kier molecular flexibility index (Phi) is 5.77. The maximum atomic E-state index is 13.5. The largest absolute Gasteiger partial charge is 0.352 e. The third-order valence-corrected chi connectivity index (χ3v) is 5.98. The Morgan fingerprint density at radius 3 is 2.84 bits per heavy atom. The average molecular weight is 444 g/mol. The summed E-state index contributed by atoms with van der Waals surface area (Å²) < 4.78 is 14.1. The van der Waals surface area contributed by atoms with E-state index in [-0.39, 0.29) is 35.5 Å². The van der Waals surface area contributed by atoms with Gasteiger partial charge in [-0.1, -0.05) is 0 Å². The molecular formula is C20H22FN7O2S. The van der Waals surface area contributed by atoms with Crippen LogP contribution in [0, 0.1) is 12.7 Å². The zero-order valence-corrected chi connectivity index (χ0v) is 18.2. The monoisotopic (exact) mass is 443 g/mol. The van der Waals surface area contributed by atoms with Crippen LogP contribution in [0.4, 0.5) is 10.3 Å². The zero-order valence-electron chi connectivity index (χ0n) is 17.3. The van der Waals surface area contributed by atoms with Crippen molar-refractivity contribution in [2.75, 3.05) is 18.4 Å². The smallest absolute Gasteiger partial charge is 0.274 e. The summed E-state index contributed by atoms with van der Waals surface area (Å²) in [6, 6.07) is 0.980. The fourth-order valence-electron chi connectivity index (χ4n) is 3.58. The van der Waals surface area contributed by atoms with Crippen LogP contribution < -0.4 is 10.6 Å². The number of pyridine rings is 1. The summed E-state index contributed by atoms with van der Waals surface area (Å²) in [5, 5.41) is 6.74. The van der Waals surface area contributed by atoms with Gasteiger partial charge in [0.2, 0.25) is 11.9 Å². The molecule has 0 spiro atoms. The lowest BCUT2D eigenvalue weighted by Gasteiger charge is -2.18. The molecule has 0 bridgehead atoms. The standard InChI is InChI=1S/C20H22FN7O2S/c1-10(13-6-14(21)8-22-7-13)23-20-26-16(17-18(27-20)25-12(3)31-17)19(30)28-5-4-15(9-28)24-11(2)29/h6-8,10,15H,4-5,9H2,1-3H3,(H,24,29)(H,23,26,27)/t10-,15-/m0/s1. The summed E-state index contributed by atoms with van der Waals surface area (Å²) in [5.41, 5.74) is 1.33. The predicted molar refractivity (Wildman–Crippen MR) is 114 cm³/mol. The Morgan fingerprint density at radius 1 is 1.29 bits per heavy atom. The Hall–Kier alpha value is -3.21. The van der Waals surface area contributed by atoms with Gasteiger partial charge in [0.05, 0.1) is 17.2 Å². The Labute approximate surface area is 182 Å². The van der Waals surface area contributed by atoms with E-state index in [1.807, 2.05) is 13.8 Å². The molecule has 9 nitrogen and oxygen atoms in total. The number of amides is 2. The van der Waals surface area contributed by atoms with Crippen LogP contribution in [0.5, 0.6) is 0 Å². The Balaban J connectivity index is 1.62. The first-order chi connectivity index (χ1) is 14.8. The van der Waals surface area contributed by atoms with Crippen molar-refractivity contribution < 1.29 is 14.0 Å². The third-order valence-electron chi connectivity index (χ3n) is 5.02. The molecule has 1 fully saturated rings. The number of nitrogens with one attached hydrogen (secondary N) is 2. The Morgan fingerprint density at radius 2 is 2.10 bits per heavy atom. The van der Waals surface area contributed by atoms with E-state index in [1.54, 1.807) is 11.1 Å². The number of hydrogen-bond donors (Lipinski definition) is 2. The van der Waals surface area contributed by atoms with Crippen molar-refractivity contribution >= 4 is 39.4 Å². The molecule has 162 valence electrons. The maximum Gasteiger partial charge on any atom is 0.274 e. The second kappa shape index (κ2) is 8.50. The second-order valence-corrected chi connectivity index (χ2v) is 8.72. The van der Waals surface area contributed by atoms with Crippen LogP contribution in [0.25, 0.3) is 10.3 Å². The van der Waals surface area contributed by atoms with Crippen LogP contribution in [0.2, 0.25) is 0 Å². The molecule has 2 amide bonds. The molecule has 0 aromatic carbocycles. The summed E-state index contributed by atoms with van der Waals surface area (Å²) in [4.78, 5) is 43.5. The number of halogens is 1. The average Bonchev–Trinajstić information content (AvgIpc) is 3.32. The van der Waals surface area contributed by atoms with Crippen molar-refractivity contribution in [3.8, 4) is 0 Å². The minimum atomic E-state index is -0.434. The first kappa shape index (κ1) is 21.0. The fraction of sp³-hybridized carbons (Fsp3) is 0.400. The fourth-order valence-corrected chi connectivity index (χ4v) is 4.42. The number of carbonyl (C=O) groups is 2. The van der Waals surface area contributed by atoms with Crippen LogP contribution in [-0.4, -0.2) is 55.8 Å². The van der Waals surface area contributed by atoms with Gasteiger partial charge in [0.15, 0.2) is 11.3 Å². The second-order valence-electron chi connectivity index (χ2n) is 7.52. The van der Waals surface area contributed by atoms with Gasteiger partial charge in [-0.25, -0.2) is 14.4 Å². The summed E-state index contributed by atoms with van der Waals surface area (Å²) >= 11 is 1.36. The highest BCUT2D eigenvalue weighted by atomic mass is 32.1. The molecule has 0 aliphatic carbocycles. The van der Waals surface area contributed by atoms with Crippen LogP contribution in [0.3, 0.4) is 0 Å². The lowest BCUT2D eigenvalue weighted by atomic mass is 10.1. The van der Waals surface area contributed by atoms with Crippen molar-refractivity contribution in [2.24, 2.45) is 0 Å². The minimum absolute atomic E-state index is 0.0694. The molecule has 0 saturated carbocycles. The molecule has 0 radical (unpaired) electrons. The van der Waals surface area contributed by atoms with Gasteiger partial charge in [0.1, 0.15) is 10.5 Å². The highest BCUT2D eigenvalue weighted by molar-refractivity contribution is 7.18.